The molecular weight excluding hydrogens is 454 g/mol. The van der Waals surface area contributed by atoms with Gasteiger partial charge in [-0.3, -0.25) is 9.69 Å². The third-order valence-electron chi connectivity index (χ3n) is 5.15. The first-order valence-corrected chi connectivity index (χ1v) is 12.7. The first kappa shape index (κ1) is 25.3. The number of thiazole rings is 1. The smallest absolute Gasteiger partial charge is 0.260 e. The molecule has 3 aromatic rings. The Kier molecular flexibility index (Phi) is 8.59. The van der Waals surface area contributed by atoms with E-state index in [0.717, 1.165) is 41.7 Å². The van der Waals surface area contributed by atoms with Gasteiger partial charge in [-0.2, -0.15) is 0 Å². The first-order valence-electron chi connectivity index (χ1n) is 9.95. The number of sulfone groups is 1. The number of likely N-dealkylation sites (N-methyl/N-ethyl adjacent to an activating group) is 1. The second-order valence-electron chi connectivity index (χ2n) is 7.20. The number of para-hydroxylation sites is 1. The minimum atomic E-state index is -3.31. The normalized spacial score (nSPS) is 11.5. The van der Waals surface area contributed by atoms with Gasteiger partial charge in [0, 0.05) is 24.9 Å². The summed E-state index contributed by atoms with van der Waals surface area (Å²) in [5, 5.41) is 0.656. The van der Waals surface area contributed by atoms with Crippen LogP contribution >= 0.6 is 23.7 Å². The van der Waals surface area contributed by atoms with Crippen molar-refractivity contribution in [2.45, 2.75) is 25.7 Å². The van der Waals surface area contributed by atoms with E-state index in [1.807, 2.05) is 25.1 Å². The number of rotatable bonds is 8. The van der Waals surface area contributed by atoms with Crippen molar-refractivity contribution in [3.05, 3.63) is 53.6 Å². The third kappa shape index (κ3) is 5.83. The third-order valence-corrected chi connectivity index (χ3v) is 7.32. The van der Waals surface area contributed by atoms with Crippen molar-refractivity contribution < 1.29 is 13.2 Å². The second-order valence-corrected chi connectivity index (χ2v) is 10.2. The lowest BCUT2D eigenvalue weighted by Gasteiger charge is -2.24. The first-order chi connectivity index (χ1) is 14.2. The van der Waals surface area contributed by atoms with Crippen LogP contribution in [0.5, 0.6) is 0 Å². The fourth-order valence-corrected chi connectivity index (χ4v) is 4.95. The van der Waals surface area contributed by atoms with Crippen LogP contribution in [0.1, 0.15) is 29.8 Å². The van der Waals surface area contributed by atoms with Crippen LogP contribution in [0, 0.1) is 6.92 Å². The fraction of sp³-hybridized carbons (Fsp3) is 0.364. The maximum absolute atomic E-state index is 13.4. The van der Waals surface area contributed by atoms with Gasteiger partial charge in [0.25, 0.3) is 5.91 Å². The number of carbonyl (C=O) groups is 1. The van der Waals surface area contributed by atoms with Crippen molar-refractivity contribution in [2.75, 3.05) is 37.3 Å². The van der Waals surface area contributed by atoms with Crippen molar-refractivity contribution in [1.29, 1.82) is 0 Å². The number of hydrogen-bond donors (Lipinski definition) is 0. The highest BCUT2D eigenvalue weighted by Gasteiger charge is 2.22. The van der Waals surface area contributed by atoms with E-state index < -0.39 is 9.84 Å². The molecule has 0 N–H and O–H groups in total. The molecule has 1 heterocycles. The van der Waals surface area contributed by atoms with E-state index in [4.69, 9.17) is 4.98 Å². The minimum absolute atomic E-state index is 0. The Balaban J connectivity index is 0.00000341. The lowest BCUT2D eigenvalue weighted by Crippen LogP contribution is -2.38. The van der Waals surface area contributed by atoms with Gasteiger partial charge in [-0.25, -0.2) is 13.4 Å². The van der Waals surface area contributed by atoms with Gasteiger partial charge in [0.05, 0.1) is 15.1 Å². The molecule has 3 rings (SSSR count). The van der Waals surface area contributed by atoms with Crippen molar-refractivity contribution in [3.8, 4) is 0 Å². The summed E-state index contributed by atoms with van der Waals surface area (Å²) in [7, 11) is -3.31. The topological polar surface area (TPSA) is 70.6 Å². The molecule has 2 aromatic carbocycles. The Labute approximate surface area is 194 Å². The largest absolute Gasteiger partial charge is 0.302 e. The summed E-state index contributed by atoms with van der Waals surface area (Å²) >= 11 is 1.50. The highest BCUT2D eigenvalue weighted by atomic mass is 35.5. The summed E-state index contributed by atoms with van der Waals surface area (Å²) in [6.45, 7) is 9.25. The number of aromatic nitrogens is 1. The van der Waals surface area contributed by atoms with Crippen LogP contribution < -0.4 is 4.90 Å². The fourth-order valence-electron chi connectivity index (χ4n) is 3.26. The molecule has 0 fully saturated rings. The highest BCUT2D eigenvalue weighted by molar-refractivity contribution is 7.90. The van der Waals surface area contributed by atoms with E-state index in [9.17, 15) is 13.2 Å². The Morgan fingerprint density at radius 2 is 1.68 bits per heavy atom. The lowest BCUT2D eigenvalue weighted by atomic mass is 10.2. The molecule has 31 heavy (non-hydrogen) atoms. The van der Waals surface area contributed by atoms with Crippen LogP contribution in [0.25, 0.3) is 10.2 Å². The van der Waals surface area contributed by atoms with Crippen molar-refractivity contribution in [2.24, 2.45) is 0 Å². The van der Waals surface area contributed by atoms with Crippen LogP contribution in [-0.2, 0) is 9.84 Å². The van der Waals surface area contributed by atoms with E-state index in [0.29, 0.717) is 17.2 Å². The molecule has 6 nitrogen and oxygen atoms in total. The Hall–Kier alpha value is -2.00. The molecule has 0 aliphatic heterocycles. The Morgan fingerprint density at radius 3 is 2.23 bits per heavy atom. The maximum Gasteiger partial charge on any atom is 0.260 e. The number of nitrogens with zero attached hydrogens (tertiary/aromatic N) is 3. The zero-order valence-corrected chi connectivity index (χ0v) is 20.6. The van der Waals surface area contributed by atoms with Gasteiger partial charge in [-0.05, 0) is 55.9 Å². The number of amides is 1. The molecular formula is C22H28ClN3O3S2. The molecule has 1 amide bonds. The van der Waals surface area contributed by atoms with Gasteiger partial charge in [0.15, 0.2) is 15.0 Å². The number of carbonyl (C=O) groups excluding carboxylic acids is 1. The zero-order valence-electron chi connectivity index (χ0n) is 18.2. The summed E-state index contributed by atoms with van der Waals surface area (Å²) in [4.78, 5) is 22.3. The Morgan fingerprint density at radius 1 is 1.03 bits per heavy atom. The van der Waals surface area contributed by atoms with E-state index in [1.165, 1.54) is 23.5 Å². The van der Waals surface area contributed by atoms with Gasteiger partial charge >= 0.3 is 0 Å². The van der Waals surface area contributed by atoms with Gasteiger partial charge in [-0.1, -0.05) is 37.3 Å². The minimum Gasteiger partial charge on any atom is -0.302 e. The second kappa shape index (κ2) is 10.5. The van der Waals surface area contributed by atoms with Gasteiger partial charge in [0.2, 0.25) is 0 Å². The molecule has 0 saturated heterocycles. The molecule has 0 aliphatic rings. The van der Waals surface area contributed by atoms with Crippen LogP contribution in [0.3, 0.4) is 0 Å². The molecule has 0 unspecified atom stereocenters. The molecule has 0 atom stereocenters. The summed E-state index contributed by atoms with van der Waals surface area (Å²) in [5.74, 6) is -0.182. The molecule has 0 spiro atoms. The molecule has 9 heteroatoms. The van der Waals surface area contributed by atoms with E-state index in [-0.39, 0.29) is 23.2 Å². The van der Waals surface area contributed by atoms with Crippen LogP contribution in [-0.4, -0.2) is 56.6 Å². The summed E-state index contributed by atoms with van der Waals surface area (Å²) < 4.78 is 24.5. The van der Waals surface area contributed by atoms with Crippen LogP contribution in [0.15, 0.2) is 47.4 Å². The maximum atomic E-state index is 13.4. The van der Waals surface area contributed by atoms with E-state index >= 15 is 0 Å². The SMILES string of the molecule is CCN(CC)CCN(C(=O)c1ccc(S(C)(=O)=O)cc1)c1nc2c(C)cccc2s1.Cl. The molecule has 0 bridgehead atoms. The van der Waals surface area contributed by atoms with Crippen LogP contribution in [0.4, 0.5) is 5.13 Å². The van der Waals surface area contributed by atoms with Crippen molar-refractivity contribution in [3.63, 3.8) is 0 Å². The molecule has 0 radical (unpaired) electrons. The van der Waals surface area contributed by atoms with Crippen molar-refractivity contribution >= 4 is 54.8 Å². The quantitative estimate of drug-likeness (QED) is 0.476. The number of halogens is 1. The number of benzene rings is 2. The monoisotopic (exact) mass is 481 g/mol. The van der Waals surface area contributed by atoms with Gasteiger partial charge < -0.3 is 4.90 Å². The number of aryl methyl sites for hydroxylation is 1. The van der Waals surface area contributed by atoms with Gasteiger partial charge in [0.1, 0.15) is 0 Å². The summed E-state index contributed by atoms with van der Waals surface area (Å²) in [6.07, 6.45) is 1.16. The Bertz CT molecular complexity index is 1140. The van der Waals surface area contributed by atoms with E-state index in [1.54, 1.807) is 17.0 Å². The van der Waals surface area contributed by atoms with Crippen LogP contribution in [0.2, 0.25) is 0 Å². The summed E-state index contributed by atoms with van der Waals surface area (Å²) in [6, 6.07) is 12.1. The molecule has 168 valence electrons. The standard InChI is InChI=1S/C22H27N3O3S2.ClH/c1-5-24(6-2)14-15-25(22-23-20-16(3)8-7-9-19(20)29-22)21(26)17-10-12-18(13-11-17)30(4,27)28;/h7-13H,5-6,14-15H2,1-4H3;1H. The van der Waals surface area contributed by atoms with E-state index in [2.05, 4.69) is 18.7 Å². The molecule has 0 aliphatic carbocycles. The highest BCUT2D eigenvalue weighted by Crippen LogP contribution is 2.31. The average Bonchev–Trinajstić information content (AvgIpc) is 3.16. The average molecular weight is 482 g/mol. The summed E-state index contributed by atoms with van der Waals surface area (Å²) in [5.41, 5.74) is 2.42. The number of anilines is 1. The molecule has 0 saturated carbocycles. The zero-order chi connectivity index (χ0) is 21.9. The molecule has 1 aromatic heterocycles. The number of hydrogen-bond acceptors (Lipinski definition) is 6. The predicted octanol–water partition coefficient (Wildman–Crippen LogP) is 4.42. The predicted molar refractivity (Wildman–Crippen MR) is 131 cm³/mol. The lowest BCUT2D eigenvalue weighted by molar-refractivity contribution is 0.0983. The van der Waals surface area contributed by atoms with Crippen molar-refractivity contribution in [1.82, 2.24) is 9.88 Å². The number of fused-ring (bicyclic) bond motifs is 1. The van der Waals surface area contributed by atoms with Gasteiger partial charge in [-0.15, -0.1) is 12.4 Å².